The maximum Gasteiger partial charge on any atom is 0.125 e. The van der Waals surface area contributed by atoms with Gasteiger partial charge in [-0.05, 0) is 42.3 Å². The molecule has 4 heteroatoms. The zero-order chi connectivity index (χ0) is 15.3. The van der Waals surface area contributed by atoms with Crippen LogP contribution in [0, 0.1) is 5.82 Å². The summed E-state index contributed by atoms with van der Waals surface area (Å²) in [4.78, 5) is 0. The molecule has 3 nitrogen and oxygen atoms in total. The van der Waals surface area contributed by atoms with Crippen molar-refractivity contribution < 1.29 is 14.2 Å². The van der Waals surface area contributed by atoms with Gasteiger partial charge in [0.25, 0.3) is 0 Å². The largest absolute Gasteiger partial charge is 0.497 e. The highest BCUT2D eigenvalue weighted by Crippen LogP contribution is 2.31. The highest BCUT2D eigenvalue weighted by atomic mass is 19.1. The van der Waals surface area contributed by atoms with Gasteiger partial charge in [0.05, 0.1) is 19.3 Å². The normalized spacial score (nSPS) is 13.5. The smallest absolute Gasteiger partial charge is 0.125 e. The Balaban J connectivity index is 2.34. The van der Waals surface area contributed by atoms with Crippen LogP contribution in [0.1, 0.15) is 18.9 Å². The van der Waals surface area contributed by atoms with Crippen LogP contribution >= 0.6 is 0 Å². The maximum atomic E-state index is 13.3. The van der Waals surface area contributed by atoms with Crippen LogP contribution in [0.15, 0.2) is 48.5 Å². The van der Waals surface area contributed by atoms with E-state index in [9.17, 15) is 9.50 Å². The number of hydrogen-bond acceptors (Lipinski definition) is 3. The van der Waals surface area contributed by atoms with Crippen molar-refractivity contribution in [3.8, 4) is 5.75 Å². The van der Waals surface area contributed by atoms with Gasteiger partial charge in [-0.25, -0.2) is 4.39 Å². The van der Waals surface area contributed by atoms with Gasteiger partial charge in [-0.2, -0.15) is 0 Å². The average Bonchev–Trinajstić information content (AvgIpc) is 2.53. The molecule has 0 saturated heterocycles. The predicted molar refractivity (Wildman–Crippen MR) is 82.1 cm³/mol. The molecule has 0 aliphatic heterocycles. The SMILES string of the molecule is CCC(CO)(Nc1cccc(F)c1)c1ccc(OC)cc1. The molecule has 0 aliphatic rings. The third-order valence-corrected chi connectivity index (χ3v) is 3.72. The molecule has 0 saturated carbocycles. The van der Waals surface area contributed by atoms with Crippen molar-refractivity contribution in [2.24, 2.45) is 0 Å². The van der Waals surface area contributed by atoms with E-state index in [1.54, 1.807) is 19.2 Å². The molecule has 2 rings (SSSR count). The van der Waals surface area contributed by atoms with Crippen molar-refractivity contribution in [3.05, 3.63) is 59.9 Å². The van der Waals surface area contributed by atoms with Crippen LogP contribution in [0.3, 0.4) is 0 Å². The molecule has 1 atom stereocenters. The lowest BCUT2D eigenvalue weighted by Gasteiger charge is -2.34. The van der Waals surface area contributed by atoms with E-state index in [0.29, 0.717) is 12.1 Å². The lowest BCUT2D eigenvalue weighted by atomic mass is 9.87. The molecule has 0 amide bonds. The second-order valence-electron chi connectivity index (χ2n) is 4.96. The third kappa shape index (κ3) is 3.34. The van der Waals surface area contributed by atoms with Gasteiger partial charge in [0, 0.05) is 5.69 Å². The third-order valence-electron chi connectivity index (χ3n) is 3.72. The van der Waals surface area contributed by atoms with E-state index < -0.39 is 5.54 Å². The first-order chi connectivity index (χ1) is 10.1. The number of hydrogen-bond donors (Lipinski definition) is 2. The van der Waals surface area contributed by atoms with Crippen molar-refractivity contribution in [2.75, 3.05) is 19.0 Å². The Hall–Kier alpha value is -2.07. The van der Waals surface area contributed by atoms with Crippen LogP contribution in [-0.4, -0.2) is 18.8 Å². The summed E-state index contributed by atoms with van der Waals surface area (Å²) < 4.78 is 18.5. The van der Waals surface area contributed by atoms with Crippen LogP contribution in [-0.2, 0) is 5.54 Å². The number of halogens is 1. The Morgan fingerprint density at radius 1 is 1.19 bits per heavy atom. The molecule has 0 spiro atoms. The molecule has 0 radical (unpaired) electrons. The van der Waals surface area contributed by atoms with Crippen molar-refractivity contribution >= 4 is 5.69 Å². The number of aliphatic hydroxyl groups excluding tert-OH is 1. The molecule has 112 valence electrons. The minimum Gasteiger partial charge on any atom is -0.497 e. The summed E-state index contributed by atoms with van der Waals surface area (Å²) in [7, 11) is 1.61. The van der Waals surface area contributed by atoms with Gasteiger partial charge in [0.15, 0.2) is 0 Å². The topological polar surface area (TPSA) is 41.5 Å². The minimum absolute atomic E-state index is 0.0909. The summed E-state index contributed by atoms with van der Waals surface area (Å²) in [6.45, 7) is 1.89. The van der Waals surface area contributed by atoms with E-state index in [-0.39, 0.29) is 12.4 Å². The second kappa shape index (κ2) is 6.59. The molecule has 2 N–H and O–H groups in total. The zero-order valence-corrected chi connectivity index (χ0v) is 12.3. The molecule has 2 aromatic rings. The summed E-state index contributed by atoms with van der Waals surface area (Å²) in [5, 5.41) is 13.2. The van der Waals surface area contributed by atoms with E-state index in [1.807, 2.05) is 31.2 Å². The highest BCUT2D eigenvalue weighted by molar-refractivity contribution is 5.49. The molecular formula is C17H20FNO2. The predicted octanol–water partition coefficient (Wildman–Crippen LogP) is 3.54. The van der Waals surface area contributed by atoms with Crippen molar-refractivity contribution in [1.29, 1.82) is 0 Å². The van der Waals surface area contributed by atoms with Crippen LogP contribution < -0.4 is 10.1 Å². The van der Waals surface area contributed by atoms with Gasteiger partial charge >= 0.3 is 0 Å². The van der Waals surface area contributed by atoms with Crippen molar-refractivity contribution in [2.45, 2.75) is 18.9 Å². The molecule has 0 aromatic heterocycles. The maximum absolute atomic E-state index is 13.3. The quantitative estimate of drug-likeness (QED) is 0.854. The van der Waals surface area contributed by atoms with Crippen LogP contribution in [0.4, 0.5) is 10.1 Å². The fraction of sp³-hybridized carbons (Fsp3) is 0.294. The Kier molecular flexibility index (Phi) is 4.81. The van der Waals surface area contributed by atoms with Gasteiger partial charge in [0.2, 0.25) is 0 Å². The first-order valence-electron chi connectivity index (χ1n) is 6.92. The first-order valence-corrected chi connectivity index (χ1v) is 6.92. The molecule has 0 heterocycles. The lowest BCUT2D eigenvalue weighted by molar-refractivity contribution is 0.207. The average molecular weight is 289 g/mol. The molecule has 0 aliphatic carbocycles. The Morgan fingerprint density at radius 3 is 2.43 bits per heavy atom. The Morgan fingerprint density at radius 2 is 1.90 bits per heavy atom. The van der Waals surface area contributed by atoms with E-state index >= 15 is 0 Å². The Bertz CT molecular complexity index is 580. The number of methoxy groups -OCH3 is 1. The van der Waals surface area contributed by atoms with Gasteiger partial charge in [-0.1, -0.05) is 25.1 Å². The van der Waals surface area contributed by atoms with Crippen molar-refractivity contribution in [3.63, 3.8) is 0 Å². The monoisotopic (exact) mass is 289 g/mol. The summed E-state index contributed by atoms with van der Waals surface area (Å²) in [5.41, 5.74) is 0.916. The fourth-order valence-electron chi connectivity index (χ4n) is 2.36. The van der Waals surface area contributed by atoms with Gasteiger partial charge < -0.3 is 15.2 Å². The summed E-state index contributed by atoms with van der Waals surface area (Å²) in [5.74, 6) is 0.449. The number of benzene rings is 2. The number of anilines is 1. The van der Waals surface area contributed by atoms with E-state index in [0.717, 1.165) is 11.3 Å². The van der Waals surface area contributed by atoms with Crippen LogP contribution in [0.25, 0.3) is 0 Å². The van der Waals surface area contributed by atoms with E-state index in [2.05, 4.69) is 5.32 Å². The standard InChI is InChI=1S/C17H20FNO2/c1-3-17(12-20,13-7-9-16(21-2)10-8-13)19-15-6-4-5-14(18)11-15/h4-11,19-20H,3,12H2,1-2H3. The second-order valence-corrected chi connectivity index (χ2v) is 4.96. The number of aliphatic hydroxyl groups is 1. The van der Waals surface area contributed by atoms with Crippen molar-refractivity contribution in [1.82, 2.24) is 0 Å². The molecule has 1 unspecified atom stereocenters. The molecular weight excluding hydrogens is 269 g/mol. The zero-order valence-electron chi connectivity index (χ0n) is 12.3. The molecule has 0 fully saturated rings. The molecule has 2 aromatic carbocycles. The number of rotatable bonds is 6. The van der Waals surface area contributed by atoms with E-state index in [1.165, 1.54) is 12.1 Å². The highest BCUT2D eigenvalue weighted by Gasteiger charge is 2.29. The lowest BCUT2D eigenvalue weighted by Crippen LogP contribution is -2.38. The summed E-state index contributed by atoms with van der Waals surface area (Å²) in [6.07, 6.45) is 0.659. The van der Waals surface area contributed by atoms with E-state index in [4.69, 9.17) is 4.74 Å². The number of ether oxygens (including phenoxy) is 1. The molecule has 0 bridgehead atoms. The Labute approximate surface area is 124 Å². The van der Waals surface area contributed by atoms with Gasteiger partial charge in [0.1, 0.15) is 11.6 Å². The van der Waals surface area contributed by atoms with Gasteiger partial charge in [-0.15, -0.1) is 0 Å². The summed E-state index contributed by atoms with van der Waals surface area (Å²) >= 11 is 0. The number of nitrogens with one attached hydrogen (secondary N) is 1. The van der Waals surface area contributed by atoms with Crippen LogP contribution in [0.2, 0.25) is 0 Å². The van der Waals surface area contributed by atoms with Gasteiger partial charge in [-0.3, -0.25) is 0 Å². The fourth-order valence-corrected chi connectivity index (χ4v) is 2.36. The first kappa shape index (κ1) is 15.3. The summed E-state index contributed by atoms with van der Waals surface area (Å²) in [6, 6.07) is 13.8. The molecule has 21 heavy (non-hydrogen) atoms. The van der Waals surface area contributed by atoms with Crippen LogP contribution in [0.5, 0.6) is 5.75 Å². The minimum atomic E-state index is -0.653.